The molecule has 0 aromatic heterocycles. The Hall–Kier alpha value is -3.26. The molecule has 0 unspecified atom stereocenters. The highest BCUT2D eigenvalue weighted by molar-refractivity contribution is 5.86. The monoisotopic (exact) mass is 382 g/mol. The zero-order valence-corrected chi connectivity index (χ0v) is 16.8. The van der Waals surface area contributed by atoms with Crippen LogP contribution in [0.4, 0.5) is 0 Å². The molecular formula is C27H26O2. The summed E-state index contributed by atoms with van der Waals surface area (Å²) >= 11 is 0. The fourth-order valence-corrected chi connectivity index (χ4v) is 3.47. The largest absolute Gasteiger partial charge is 0.493 e. The molecule has 4 aromatic rings. The smallest absolute Gasteiger partial charge is 0.122 e. The fourth-order valence-electron chi connectivity index (χ4n) is 3.47. The molecule has 0 saturated carbocycles. The lowest BCUT2D eigenvalue weighted by Gasteiger charge is -2.12. The van der Waals surface area contributed by atoms with E-state index in [0.717, 1.165) is 29.9 Å². The van der Waals surface area contributed by atoms with E-state index >= 15 is 0 Å². The minimum absolute atomic E-state index is 0.676. The van der Waals surface area contributed by atoms with Gasteiger partial charge in [-0.05, 0) is 58.7 Å². The van der Waals surface area contributed by atoms with Gasteiger partial charge < -0.3 is 9.47 Å². The first-order valence-electron chi connectivity index (χ1n) is 10.2. The average molecular weight is 383 g/mol. The van der Waals surface area contributed by atoms with E-state index in [1.165, 1.54) is 21.9 Å². The van der Waals surface area contributed by atoms with E-state index in [0.29, 0.717) is 13.2 Å². The lowest BCUT2D eigenvalue weighted by Crippen LogP contribution is -2.03. The van der Waals surface area contributed by atoms with Gasteiger partial charge in [0.15, 0.2) is 0 Å². The topological polar surface area (TPSA) is 18.5 Å². The molecule has 0 spiro atoms. The standard InChI is InChI=1S/C27H26O2/c1-21-18-25-19-26(28-16-14-22-8-4-2-5-9-22)13-12-24(25)20-27(21)29-17-15-23-10-6-3-7-11-23/h2-13,18-20H,14-17H2,1H3. The van der Waals surface area contributed by atoms with E-state index in [-0.39, 0.29) is 0 Å². The highest BCUT2D eigenvalue weighted by atomic mass is 16.5. The predicted octanol–water partition coefficient (Wildman–Crippen LogP) is 6.39. The van der Waals surface area contributed by atoms with Crippen LogP contribution in [0.3, 0.4) is 0 Å². The molecule has 29 heavy (non-hydrogen) atoms. The molecule has 0 aliphatic heterocycles. The Balaban J connectivity index is 1.38. The van der Waals surface area contributed by atoms with Crippen LogP contribution in [0.15, 0.2) is 91.0 Å². The van der Waals surface area contributed by atoms with Crippen LogP contribution >= 0.6 is 0 Å². The summed E-state index contributed by atoms with van der Waals surface area (Å²) in [5.41, 5.74) is 3.73. The molecule has 4 aromatic carbocycles. The van der Waals surface area contributed by atoms with E-state index in [4.69, 9.17) is 9.47 Å². The van der Waals surface area contributed by atoms with Crippen molar-refractivity contribution in [2.45, 2.75) is 19.8 Å². The van der Waals surface area contributed by atoms with Gasteiger partial charge in [0.2, 0.25) is 0 Å². The molecule has 2 nitrogen and oxygen atoms in total. The Bertz CT molecular complexity index is 1060. The number of benzene rings is 4. The summed E-state index contributed by atoms with van der Waals surface area (Å²) in [6, 6.07) is 31.4. The average Bonchev–Trinajstić information content (AvgIpc) is 2.76. The number of hydrogen-bond donors (Lipinski definition) is 0. The van der Waals surface area contributed by atoms with Crippen LogP contribution in [0.2, 0.25) is 0 Å². The summed E-state index contributed by atoms with van der Waals surface area (Å²) in [6.45, 7) is 3.45. The van der Waals surface area contributed by atoms with E-state index in [2.05, 4.69) is 79.7 Å². The van der Waals surface area contributed by atoms with Crippen LogP contribution in [0.1, 0.15) is 16.7 Å². The van der Waals surface area contributed by atoms with Crippen LogP contribution in [0.25, 0.3) is 10.8 Å². The summed E-state index contributed by atoms with van der Waals surface area (Å²) in [7, 11) is 0. The second kappa shape index (κ2) is 9.29. The lowest BCUT2D eigenvalue weighted by atomic mass is 10.1. The Labute approximate surface area is 172 Å². The van der Waals surface area contributed by atoms with Crippen molar-refractivity contribution in [3.8, 4) is 11.5 Å². The van der Waals surface area contributed by atoms with Gasteiger partial charge in [-0.25, -0.2) is 0 Å². The summed E-state index contributed by atoms with van der Waals surface area (Å²) in [4.78, 5) is 0. The summed E-state index contributed by atoms with van der Waals surface area (Å²) in [5.74, 6) is 1.86. The van der Waals surface area contributed by atoms with E-state index in [1.54, 1.807) is 0 Å². The molecule has 0 aliphatic rings. The first-order valence-corrected chi connectivity index (χ1v) is 10.2. The van der Waals surface area contributed by atoms with Crippen LogP contribution < -0.4 is 9.47 Å². The minimum Gasteiger partial charge on any atom is -0.493 e. The summed E-state index contributed by atoms with van der Waals surface area (Å²) in [5, 5.41) is 2.34. The first kappa shape index (κ1) is 19.1. The van der Waals surface area contributed by atoms with Gasteiger partial charge in [0.05, 0.1) is 13.2 Å². The Morgan fingerprint density at radius 3 is 1.86 bits per heavy atom. The number of aryl methyl sites for hydroxylation is 1. The van der Waals surface area contributed by atoms with Crippen molar-refractivity contribution < 1.29 is 9.47 Å². The lowest BCUT2D eigenvalue weighted by molar-refractivity contribution is 0.320. The van der Waals surface area contributed by atoms with E-state index in [1.807, 2.05) is 18.2 Å². The van der Waals surface area contributed by atoms with Crippen LogP contribution in [0, 0.1) is 6.92 Å². The van der Waals surface area contributed by atoms with Crippen molar-refractivity contribution in [2.75, 3.05) is 13.2 Å². The highest BCUT2D eigenvalue weighted by Crippen LogP contribution is 2.28. The second-order valence-electron chi connectivity index (χ2n) is 7.29. The molecule has 0 saturated heterocycles. The van der Waals surface area contributed by atoms with Gasteiger partial charge in [0.25, 0.3) is 0 Å². The molecule has 0 atom stereocenters. The maximum Gasteiger partial charge on any atom is 0.122 e. The molecular weight excluding hydrogens is 356 g/mol. The Kier molecular flexibility index (Phi) is 6.11. The Morgan fingerprint density at radius 1 is 0.586 bits per heavy atom. The maximum absolute atomic E-state index is 6.06. The van der Waals surface area contributed by atoms with Gasteiger partial charge in [-0.15, -0.1) is 0 Å². The number of rotatable bonds is 8. The van der Waals surface area contributed by atoms with Crippen LogP contribution in [-0.4, -0.2) is 13.2 Å². The molecule has 0 amide bonds. The molecule has 0 aliphatic carbocycles. The summed E-state index contributed by atoms with van der Waals surface area (Å²) in [6.07, 6.45) is 1.82. The van der Waals surface area contributed by atoms with Gasteiger partial charge in [0, 0.05) is 12.8 Å². The van der Waals surface area contributed by atoms with E-state index < -0.39 is 0 Å². The first-order chi connectivity index (χ1) is 14.3. The third-order valence-corrected chi connectivity index (χ3v) is 5.10. The molecule has 0 N–H and O–H groups in total. The van der Waals surface area contributed by atoms with Crippen molar-refractivity contribution in [2.24, 2.45) is 0 Å². The third-order valence-electron chi connectivity index (χ3n) is 5.10. The number of fused-ring (bicyclic) bond motifs is 1. The second-order valence-corrected chi connectivity index (χ2v) is 7.29. The predicted molar refractivity (Wildman–Crippen MR) is 120 cm³/mol. The minimum atomic E-state index is 0.676. The highest BCUT2D eigenvalue weighted by Gasteiger charge is 2.05. The summed E-state index contributed by atoms with van der Waals surface area (Å²) < 4.78 is 12.0. The number of hydrogen-bond acceptors (Lipinski definition) is 2. The van der Waals surface area contributed by atoms with Gasteiger partial charge in [-0.2, -0.15) is 0 Å². The maximum atomic E-state index is 6.06. The number of ether oxygens (including phenoxy) is 2. The SMILES string of the molecule is Cc1cc2cc(OCCc3ccccc3)ccc2cc1OCCc1ccccc1. The zero-order chi connectivity index (χ0) is 19.9. The van der Waals surface area contributed by atoms with Gasteiger partial charge in [-0.3, -0.25) is 0 Å². The zero-order valence-electron chi connectivity index (χ0n) is 16.8. The van der Waals surface area contributed by atoms with Gasteiger partial charge in [-0.1, -0.05) is 66.7 Å². The molecule has 0 bridgehead atoms. The molecule has 4 rings (SSSR count). The van der Waals surface area contributed by atoms with Crippen molar-refractivity contribution in [3.63, 3.8) is 0 Å². The van der Waals surface area contributed by atoms with E-state index in [9.17, 15) is 0 Å². The Morgan fingerprint density at radius 2 is 1.21 bits per heavy atom. The normalized spacial score (nSPS) is 10.8. The van der Waals surface area contributed by atoms with Gasteiger partial charge >= 0.3 is 0 Å². The molecule has 2 heteroatoms. The van der Waals surface area contributed by atoms with Crippen molar-refractivity contribution in [3.05, 3.63) is 108 Å². The molecule has 0 heterocycles. The van der Waals surface area contributed by atoms with Crippen LogP contribution in [0.5, 0.6) is 11.5 Å². The van der Waals surface area contributed by atoms with Gasteiger partial charge in [0.1, 0.15) is 11.5 Å². The van der Waals surface area contributed by atoms with Crippen molar-refractivity contribution in [1.82, 2.24) is 0 Å². The molecule has 0 radical (unpaired) electrons. The molecule has 146 valence electrons. The molecule has 0 fully saturated rings. The van der Waals surface area contributed by atoms with Crippen molar-refractivity contribution >= 4 is 10.8 Å². The fraction of sp³-hybridized carbons (Fsp3) is 0.185. The quantitative estimate of drug-likeness (QED) is 0.351. The van der Waals surface area contributed by atoms with Crippen molar-refractivity contribution in [1.29, 1.82) is 0 Å². The van der Waals surface area contributed by atoms with Crippen LogP contribution in [-0.2, 0) is 12.8 Å². The third kappa shape index (κ3) is 5.17.